The monoisotopic (exact) mass is 484 g/mol. The van der Waals surface area contributed by atoms with Crippen molar-refractivity contribution in [3.8, 4) is 0 Å². The molecule has 1 aliphatic rings. The maximum absolute atomic E-state index is 12.1. The lowest BCUT2D eigenvalue weighted by Gasteiger charge is -2.16. The third-order valence-corrected chi connectivity index (χ3v) is 5.32. The Labute approximate surface area is 203 Å². The fraction of sp³-hybridized carbons (Fsp3) is 0.391. The first kappa shape index (κ1) is 25.0. The van der Waals surface area contributed by atoms with Crippen LogP contribution in [0.5, 0.6) is 0 Å². The van der Waals surface area contributed by atoms with E-state index < -0.39 is 11.9 Å². The summed E-state index contributed by atoms with van der Waals surface area (Å²) in [5, 5.41) is 9.36. The minimum absolute atomic E-state index is 0.164. The summed E-state index contributed by atoms with van der Waals surface area (Å²) in [5.74, 6) is -0.369. The van der Waals surface area contributed by atoms with Gasteiger partial charge in [0, 0.05) is 17.1 Å². The lowest BCUT2D eigenvalue weighted by molar-refractivity contribution is 0.0599. The summed E-state index contributed by atoms with van der Waals surface area (Å²) < 4.78 is 9.56. The highest BCUT2D eigenvalue weighted by atomic mass is 32.1. The van der Waals surface area contributed by atoms with Crippen molar-refractivity contribution in [3.05, 3.63) is 46.8 Å². The number of guanidine groups is 1. The number of hydrogen-bond donors (Lipinski definition) is 3. The molecule has 1 fully saturated rings. The van der Waals surface area contributed by atoms with Gasteiger partial charge in [-0.25, -0.2) is 24.5 Å². The highest BCUT2D eigenvalue weighted by molar-refractivity contribution is 7.80. The number of esters is 2. The molecule has 11 heteroatoms. The summed E-state index contributed by atoms with van der Waals surface area (Å²) in [6, 6.07) is 6.50. The zero-order valence-electron chi connectivity index (χ0n) is 19.6. The second kappa shape index (κ2) is 11.5. The third-order valence-electron chi connectivity index (χ3n) is 5.11. The van der Waals surface area contributed by atoms with Crippen LogP contribution in [0.25, 0.3) is 0 Å². The van der Waals surface area contributed by atoms with Crippen LogP contribution in [-0.4, -0.2) is 53.2 Å². The second-order valence-electron chi connectivity index (χ2n) is 7.88. The summed E-state index contributed by atoms with van der Waals surface area (Å²) in [4.78, 5) is 37.7. The van der Waals surface area contributed by atoms with E-state index in [1.54, 1.807) is 0 Å². The fourth-order valence-corrected chi connectivity index (χ4v) is 3.86. The van der Waals surface area contributed by atoms with Gasteiger partial charge in [0.25, 0.3) is 0 Å². The van der Waals surface area contributed by atoms with Gasteiger partial charge in [-0.05, 0) is 63.2 Å². The molecule has 1 heterocycles. The first-order chi connectivity index (χ1) is 16.3. The summed E-state index contributed by atoms with van der Waals surface area (Å²) in [6.07, 6.45) is 4.23. The summed E-state index contributed by atoms with van der Waals surface area (Å²) in [5.41, 5.74) is 2.41. The number of methoxy groups -OCH3 is 2. The smallest absolute Gasteiger partial charge is 0.337 e. The number of nitrogens with zero attached hydrogens (tertiary/aromatic N) is 3. The van der Waals surface area contributed by atoms with Crippen molar-refractivity contribution in [2.45, 2.75) is 45.6 Å². The molecule has 10 nitrogen and oxygen atoms in total. The first-order valence-corrected chi connectivity index (χ1v) is 11.2. The van der Waals surface area contributed by atoms with E-state index in [1.807, 2.05) is 19.9 Å². The van der Waals surface area contributed by atoms with Crippen LogP contribution in [0.3, 0.4) is 0 Å². The molecule has 180 valence electrons. The highest BCUT2D eigenvalue weighted by Crippen LogP contribution is 2.21. The Balaban J connectivity index is 1.82. The molecular weight excluding hydrogens is 456 g/mol. The van der Waals surface area contributed by atoms with E-state index in [4.69, 9.17) is 26.7 Å². The molecule has 0 bridgehead atoms. The highest BCUT2D eigenvalue weighted by Gasteiger charge is 2.18. The molecule has 1 saturated carbocycles. The molecule has 0 atom stereocenters. The number of hydrogen-bond acceptors (Lipinski definition) is 8. The van der Waals surface area contributed by atoms with Crippen molar-refractivity contribution in [2.75, 3.05) is 24.9 Å². The number of anilines is 2. The molecule has 34 heavy (non-hydrogen) atoms. The van der Waals surface area contributed by atoms with Gasteiger partial charge in [-0.1, -0.05) is 12.8 Å². The lowest BCUT2D eigenvalue weighted by atomic mass is 10.1. The molecule has 1 aromatic heterocycles. The van der Waals surface area contributed by atoms with Crippen molar-refractivity contribution >= 4 is 46.9 Å². The molecule has 0 amide bonds. The van der Waals surface area contributed by atoms with E-state index in [0.717, 1.165) is 37.1 Å². The van der Waals surface area contributed by atoms with E-state index in [-0.39, 0.29) is 22.3 Å². The zero-order chi connectivity index (χ0) is 24.7. The minimum atomic E-state index is -0.593. The number of aliphatic imine (C=N–C) groups is 1. The first-order valence-electron chi connectivity index (χ1n) is 10.8. The Morgan fingerprint density at radius 1 is 0.941 bits per heavy atom. The van der Waals surface area contributed by atoms with Crippen LogP contribution in [0, 0.1) is 13.8 Å². The molecule has 1 aliphatic carbocycles. The van der Waals surface area contributed by atoms with E-state index >= 15 is 0 Å². The number of thiocarbonyl (C=S) groups is 1. The van der Waals surface area contributed by atoms with Crippen LogP contribution in [0.1, 0.15) is 57.8 Å². The van der Waals surface area contributed by atoms with Gasteiger partial charge in [0.2, 0.25) is 11.9 Å². The molecule has 3 rings (SSSR count). The summed E-state index contributed by atoms with van der Waals surface area (Å²) in [7, 11) is 2.53. The van der Waals surface area contributed by atoms with Crippen molar-refractivity contribution in [2.24, 2.45) is 4.99 Å². The van der Waals surface area contributed by atoms with Crippen molar-refractivity contribution in [3.63, 3.8) is 0 Å². The summed E-state index contributed by atoms with van der Waals surface area (Å²) in [6.45, 7) is 3.78. The van der Waals surface area contributed by atoms with Gasteiger partial charge in [0.1, 0.15) is 0 Å². The van der Waals surface area contributed by atoms with E-state index in [9.17, 15) is 9.59 Å². The summed E-state index contributed by atoms with van der Waals surface area (Å²) >= 11 is 5.48. The predicted octanol–water partition coefficient (Wildman–Crippen LogP) is 3.36. The molecule has 1 aromatic carbocycles. The molecule has 3 N–H and O–H groups in total. The van der Waals surface area contributed by atoms with Crippen molar-refractivity contribution in [1.82, 2.24) is 15.3 Å². The number of nitrogens with one attached hydrogen (secondary N) is 3. The maximum atomic E-state index is 12.1. The number of aryl methyl sites for hydroxylation is 2. The topological polar surface area (TPSA) is 127 Å². The van der Waals surface area contributed by atoms with Crippen LogP contribution >= 0.6 is 12.2 Å². The molecule has 0 saturated heterocycles. The van der Waals surface area contributed by atoms with Gasteiger partial charge in [-0.2, -0.15) is 0 Å². The average molecular weight is 485 g/mol. The SMILES string of the molecule is COC(=O)c1cc(NC(=S)NC(=NC2CCCC2)Nc2nc(C)cc(C)n2)cc(C(=O)OC)c1. The van der Waals surface area contributed by atoms with Crippen LogP contribution < -0.4 is 16.0 Å². The van der Waals surface area contributed by atoms with E-state index in [2.05, 4.69) is 25.9 Å². The van der Waals surface area contributed by atoms with Crippen molar-refractivity contribution in [1.29, 1.82) is 0 Å². The predicted molar refractivity (Wildman–Crippen MR) is 133 cm³/mol. The number of ether oxygens (including phenoxy) is 2. The van der Waals surface area contributed by atoms with Crippen LogP contribution in [0.2, 0.25) is 0 Å². The average Bonchev–Trinajstić information content (AvgIpc) is 3.29. The van der Waals surface area contributed by atoms with Gasteiger partial charge in [-0.15, -0.1) is 0 Å². The van der Waals surface area contributed by atoms with Crippen LogP contribution in [0.4, 0.5) is 11.6 Å². The maximum Gasteiger partial charge on any atom is 0.337 e. The molecule has 0 aliphatic heterocycles. The molecule has 2 aromatic rings. The molecule has 0 unspecified atom stereocenters. The quantitative estimate of drug-likeness (QED) is 0.252. The standard InChI is InChI=1S/C23H28N6O4S/c1-13-9-14(2)25-21(24-13)28-22(26-17-7-5-6-8-17)29-23(34)27-18-11-15(19(30)32-3)10-16(12-18)20(31)33-4/h9-12,17H,5-8H2,1-4H3,(H3,24,25,26,27,28,29,34). The second-order valence-corrected chi connectivity index (χ2v) is 8.28. The number of benzene rings is 1. The van der Waals surface area contributed by atoms with E-state index in [1.165, 1.54) is 32.4 Å². The number of aromatic nitrogens is 2. The van der Waals surface area contributed by atoms with Crippen molar-refractivity contribution < 1.29 is 19.1 Å². The van der Waals surface area contributed by atoms with Gasteiger partial charge in [0.05, 0.1) is 31.4 Å². The Morgan fingerprint density at radius 2 is 1.50 bits per heavy atom. The fourth-order valence-electron chi connectivity index (χ4n) is 3.64. The largest absolute Gasteiger partial charge is 0.465 e. The Morgan fingerprint density at radius 3 is 2.03 bits per heavy atom. The number of carbonyl (C=O) groups is 2. The molecular formula is C23H28N6O4S. The number of rotatable bonds is 5. The van der Waals surface area contributed by atoms with Crippen LogP contribution in [-0.2, 0) is 9.47 Å². The number of carbonyl (C=O) groups excluding carboxylic acids is 2. The molecule has 0 spiro atoms. The van der Waals surface area contributed by atoms with Gasteiger partial charge < -0.3 is 20.1 Å². The molecule has 0 radical (unpaired) electrons. The Bertz CT molecular complexity index is 1060. The minimum Gasteiger partial charge on any atom is -0.465 e. The zero-order valence-corrected chi connectivity index (χ0v) is 20.4. The normalized spacial score (nSPS) is 13.8. The third kappa shape index (κ3) is 6.95. The Hall–Kier alpha value is -3.60. The van der Waals surface area contributed by atoms with Gasteiger partial charge in [-0.3, -0.25) is 5.32 Å². The van der Waals surface area contributed by atoms with Gasteiger partial charge in [0.15, 0.2) is 5.11 Å². The van der Waals surface area contributed by atoms with Gasteiger partial charge >= 0.3 is 11.9 Å². The van der Waals surface area contributed by atoms with Crippen LogP contribution in [0.15, 0.2) is 29.3 Å². The van der Waals surface area contributed by atoms with E-state index in [0.29, 0.717) is 17.6 Å². The lowest BCUT2D eigenvalue weighted by Crippen LogP contribution is -2.40. The Kier molecular flexibility index (Phi) is 8.47.